The van der Waals surface area contributed by atoms with Crippen LogP contribution in [0.3, 0.4) is 0 Å². The molecule has 30 heavy (non-hydrogen) atoms. The number of pyridine rings is 1. The summed E-state index contributed by atoms with van der Waals surface area (Å²) in [6.45, 7) is 5.20. The molecule has 1 unspecified atom stereocenters. The Morgan fingerprint density at radius 3 is 2.70 bits per heavy atom. The molecule has 3 aromatic rings. The van der Waals surface area contributed by atoms with E-state index in [4.69, 9.17) is 4.74 Å². The molecule has 0 spiro atoms. The molecule has 1 atom stereocenters. The van der Waals surface area contributed by atoms with E-state index in [1.54, 1.807) is 18.2 Å². The maximum absolute atomic E-state index is 13.9. The molecular weight excluding hydrogens is 379 g/mol. The molecule has 1 heterocycles. The number of para-hydroxylation sites is 1. The smallest absolute Gasteiger partial charge is 0.253 e. The Labute approximate surface area is 176 Å². The molecule has 4 nitrogen and oxygen atoms in total. The Hall–Kier alpha value is -2.79. The number of hydrogen-bond donors (Lipinski definition) is 1. The maximum Gasteiger partial charge on any atom is 0.253 e. The molecule has 0 bridgehead atoms. The van der Waals surface area contributed by atoms with Gasteiger partial charge in [0.15, 0.2) is 0 Å². The Morgan fingerprint density at radius 1 is 1.20 bits per heavy atom. The molecule has 1 aliphatic carbocycles. The average molecular weight is 407 g/mol. The topological polar surface area (TPSA) is 51.2 Å². The van der Waals surface area contributed by atoms with Crippen molar-refractivity contribution >= 4 is 16.8 Å². The summed E-state index contributed by atoms with van der Waals surface area (Å²) in [5.41, 5.74) is 1.53. The van der Waals surface area contributed by atoms with Gasteiger partial charge in [-0.25, -0.2) is 4.39 Å². The van der Waals surface area contributed by atoms with Gasteiger partial charge in [0.2, 0.25) is 0 Å². The number of hydrogen-bond acceptors (Lipinski definition) is 3. The molecule has 0 radical (unpaired) electrons. The molecule has 5 heteroatoms. The van der Waals surface area contributed by atoms with E-state index in [-0.39, 0.29) is 22.7 Å². The maximum atomic E-state index is 13.9. The van der Waals surface area contributed by atoms with Gasteiger partial charge in [-0.15, -0.1) is 0 Å². The van der Waals surface area contributed by atoms with Crippen LogP contribution in [-0.4, -0.2) is 23.0 Å². The van der Waals surface area contributed by atoms with Crippen LogP contribution in [0.25, 0.3) is 10.9 Å². The summed E-state index contributed by atoms with van der Waals surface area (Å²) < 4.78 is 19.9. The van der Waals surface area contributed by atoms with Gasteiger partial charge in [0, 0.05) is 11.6 Å². The highest BCUT2D eigenvalue weighted by atomic mass is 19.1. The van der Waals surface area contributed by atoms with E-state index in [1.165, 1.54) is 12.3 Å². The number of amides is 1. The van der Waals surface area contributed by atoms with Crippen molar-refractivity contribution in [2.45, 2.75) is 45.3 Å². The molecule has 4 rings (SSSR count). The van der Waals surface area contributed by atoms with Crippen LogP contribution in [-0.2, 0) is 11.3 Å². The lowest BCUT2D eigenvalue weighted by Crippen LogP contribution is -2.50. The van der Waals surface area contributed by atoms with Gasteiger partial charge in [0.25, 0.3) is 5.91 Å². The predicted octanol–water partition coefficient (Wildman–Crippen LogP) is 5.27. The van der Waals surface area contributed by atoms with Crippen molar-refractivity contribution in [2.75, 3.05) is 6.61 Å². The van der Waals surface area contributed by atoms with Crippen molar-refractivity contribution in [2.24, 2.45) is 5.41 Å². The molecule has 1 fully saturated rings. The standard InChI is InChI=1S/C25H27FN2O2/c1-24(11-12-24)16-25(2,17-30-15-18-7-4-3-5-8-18)28-23(29)20-13-19-9-6-10-21(26)22(19)27-14-20/h3-10,13-14H,11-12,15-17H2,1-2H3,(H,28,29). The number of carbonyl (C=O) groups is 1. The number of rotatable bonds is 8. The minimum atomic E-state index is -0.506. The first-order valence-corrected chi connectivity index (χ1v) is 10.3. The first-order chi connectivity index (χ1) is 14.4. The van der Waals surface area contributed by atoms with E-state index in [9.17, 15) is 9.18 Å². The largest absolute Gasteiger partial charge is 0.374 e. The number of nitrogens with zero attached hydrogens (tertiary/aromatic N) is 1. The molecule has 1 aromatic heterocycles. The minimum absolute atomic E-state index is 0.219. The highest BCUT2D eigenvalue weighted by Gasteiger charge is 2.44. The first kappa shape index (κ1) is 20.5. The summed E-state index contributed by atoms with van der Waals surface area (Å²) in [6.07, 6.45) is 4.60. The van der Waals surface area contributed by atoms with E-state index in [1.807, 2.05) is 37.3 Å². The summed E-state index contributed by atoms with van der Waals surface area (Å²) in [7, 11) is 0. The summed E-state index contributed by atoms with van der Waals surface area (Å²) in [5.74, 6) is -0.607. The van der Waals surface area contributed by atoms with Gasteiger partial charge in [-0.1, -0.05) is 49.4 Å². The summed E-state index contributed by atoms with van der Waals surface area (Å²) in [5, 5.41) is 3.78. The predicted molar refractivity (Wildman–Crippen MR) is 116 cm³/mol. The van der Waals surface area contributed by atoms with Gasteiger partial charge in [0.05, 0.1) is 24.3 Å². The quantitative estimate of drug-likeness (QED) is 0.554. The lowest BCUT2D eigenvalue weighted by molar-refractivity contribution is 0.0469. The van der Waals surface area contributed by atoms with Crippen LogP contribution in [0, 0.1) is 11.2 Å². The molecule has 0 aliphatic heterocycles. The molecule has 0 saturated heterocycles. The van der Waals surface area contributed by atoms with Crippen LogP contribution in [0.2, 0.25) is 0 Å². The SMILES string of the molecule is CC1(CC(C)(COCc2ccccc2)NC(=O)c2cnc3c(F)cccc3c2)CC1. The number of nitrogens with one attached hydrogen (secondary N) is 1. The van der Waals surface area contributed by atoms with Gasteiger partial charge >= 0.3 is 0 Å². The van der Waals surface area contributed by atoms with Crippen LogP contribution in [0.4, 0.5) is 4.39 Å². The summed E-state index contributed by atoms with van der Waals surface area (Å²) in [6, 6.07) is 16.4. The monoisotopic (exact) mass is 406 g/mol. The molecule has 2 aromatic carbocycles. The summed E-state index contributed by atoms with van der Waals surface area (Å²) >= 11 is 0. The average Bonchev–Trinajstić information content (AvgIpc) is 3.44. The molecular formula is C25H27FN2O2. The van der Waals surface area contributed by atoms with Crippen LogP contribution in [0.1, 0.15) is 49.0 Å². The fourth-order valence-corrected chi connectivity index (χ4v) is 4.03. The second-order valence-corrected chi connectivity index (χ2v) is 9.02. The number of aromatic nitrogens is 1. The highest BCUT2D eigenvalue weighted by Crippen LogP contribution is 2.50. The molecule has 1 saturated carbocycles. The van der Waals surface area contributed by atoms with Gasteiger partial charge in [-0.2, -0.15) is 0 Å². The van der Waals surface area contributed by atoms with Crippen LogP contribution in [0.5, 0.6) is 0 Å². The lowest BCUT2D eigenvalue weighted by Gasteiger charge is -2.33. The zero-order valence-electron chi connectivity index (χ0n) is 17.5. The van der Waals surface area contributed by atoms with Crippen LogP contribution in [0.15, 0.2) is 60.8 Å². The zero-order chi connectivity index (χ0) is 21.2. The summed E-state index contributed by atoms with van der Waals surface area (Å²) in [4.78, 5) is 17.2. The first-order valence-electron chi connectivity index (χ1n) is 10.3. The third-order valence-electron chi connectivity index (χ3n) is 5.79. The zero-order valence-corrected chi connectivity index (χ0v) is 17.5. The number of fused-ring (bicyclic) bond motifs is 1. The van der Waals surface area contributed by atoms with E-state index >= 15 is 0 Å². The Balaban J connectivity index is 1.48. The second-order valence-electron chi connectivity index (χ2n) is 9.02. The number of carbonyl (C=O) groups excluding carboxylic acids is 1. The fourth-order valence-electron chi connectivity index (χ4n) is 4.03. The molecule has 1 amide bonds. The lowest BCUT2D eigenvalue weighted by atomic mass is 9.88. The van der Waals surface area contributed by atoms with Crippen LogP contribution >= 0.6 is 0 Å². The van der Waals surface area contributed by atoms with E-state index < -0.39 is 5.54 Å². The Morgan fingerprint density at radius 2 is 1.97 bits per heavy atom. The number of benzene rings is 2. The van der Waals surface area contributed by atoms with Crippen molar-refractivity contribution < 1.29 is 13.9 Å². The van der Waals surface area contributed by atoms with Crippen molar-refractivity contribution in [1.29, 1.82) is 0 Å². The fraction of sp³-hybridized carbons (Fsp3) is 0.360. The van der Waals surface area contributed by atoms with E-state index in [0.717, 1.165) is 24.8 Å². The normalized spacial score (nSPS) is 16.8. The van der Waals surface area contributed by atoms with Crippen LogP contribution < -0.4 is 5.32 Å². The van der Waals surface area contributed by atoms with E-state index in [2.05, 4.69) is 17.2 Å². The number of halogens is 1. The van der Waals surface area contributed by atoms with Gasteiger partial charge < -0.3 is 10.1 Å². The van der Waals surface area contributed by atoms with Crippen molar-refractivity contribution in [3.63, 3.8) is 0 Å². The molecule has 1 aliphatic rings. The van der Waals surface area contributed by atoms with Crippen molar-refractivity contribution in [1.82, 2.24) is 10.3 Å². The third kappa shape index (κ3) is 4.85. The third-order valence-corrected chi connectivity index (χ3v) is 5.79. The Kier molecular flexibility index (Phi) is 5.56. The van der Waals surface area contributed by atoms with Gasteiger partial charge in [-0.05, 0) is 49.3 Å². The van der Waals surface area contributed by atoms with Gasteiger partial charge in [-0.3, -0.25) is 9.78 Å². The molecule has 156 valence electrons. The van der Waals surface area contributed by atoms with Gasteiger partial charge in [0.1, 0.15) is 11.3 Å². The highest BCUT2D eigenvalue weighted by molar-refractivity contribution is 5.97. The number of ether oxygens (including phenoxy) is 1. The second kappa shape index (κ2) is 8.15. The van der Waals surface area contributed by atoms with E-state index in [0.29, 0.717) is 24.2 Å². The van der Waals surface area contributed by atoms with Crippen molar-refractivity contribution in [3.8, 4) is 0 Å². The molecule has 1 N–H and O–H groups in total. The van der Waals surface area contributed by atoms with Crippen molar-refractivity contribution in [3.05, 3.63) is 77.7 Å². The Bertz CT molecular complexity index is 1050. The minimum Gasteiger partial charge on any atom is -0.374 e.